The fraction of sp³-hybridized carbons (Fsp3) is 0.533. The number of likely N-dealkylation sites (N-methyl/N-ethyl adjacent to an activating group) is 1. The van der Waals surface area contributed by atoms with Gasteiger partial charge in [-0.15, -0.1) is 12.4 Å². The third-order valence-corrected chi connectivity index (χ3v) is 4.94. The molecule has 2 fully saturated rings. The van der Waals surface area contributed by atoms with Crippen molar-refractivity contribution in [1.82, 2.24) is 4.90 Å². The van der Waals surface area contributed by atoms with Crippen LogP contribution in [0.5, 0.6) is 0 Å². The number of benzene rings is 1. The van der Waals surface area contributed by atoms with Crippen LogP contribution in [0.2, 0.25) is 0 Å². The van der Waals surface area contributed by atoms with Crippen LogP contribution in [0.4, 0.5) is 0 Å². The van der Waals surface area contributed by atoms with E-state index in [0.29, 0.717) is 0 Å². The molecule has 1 aromatic carbocycles. The molecule has 5 heteroatoms. The lowest BCUT2D eigenvalue weighted by atomic mass is 9.95. The molecule has 1 aromatic rings. The van der Waals surface area contributed by atoms with E-state index in [2.05, 4.69) is 40.2 Å². The number of halogens is 2. The summed E-state index contributed by atoms with van der Waals surface area (Å²) in [5.74, 6) is 0.107. The van der Waals surface area contributed by atoms with Gasteiger partial charge in [-0.1, -0.05) is 28.1 Å². The van der Waals surface area contributed by atoms with Crippen molar-refractivity contribution in [2.75, 3.05) is 13.6 Å². The Morgan fingerprint density at radius 3 is 2.25 bits per heavy atom. The zero-order chi connectivity index (χ0) is 13.7. The number of hydrogen-bond acceptors (Lipinski definition) is 2. The van der Waals surface area contributed by atoms with Gasteiger partial charge < -0.3 is 10.6 Å². The molecule has 20 heavy (non-hydrogen) atoms. The lowest BCUT2D eigenvalue weighted by Gasteiger charge is -2.26. The number of hydrogen-bond donors (Lipinski definition) is 1. The molecule has 0 bridgehead atoms. The van der Waals surface area contributed by atoms with Crippen molar-refractivity contribution in [1.29, 1.82) is 0 Å². The van der Waals surface area contributed by atoms with Crippen LogP contribution in [0.3, 0.4) is 0 Å². The summed E-state index contributed by atoms with van der Waals surface area (Å²) in [6, 6.07) is 8.46. The molecule has 2 aliphatic rings. The molecule has 0 saturated heterocycles. The first-order valence-electron chi connectivity index (χ1n) is 6.76. The van der Waals surface area contributed by atoms with Gasteiger partial charge in [0.2, 0.25) is 5.91 Å². The van der Waals surface area contributed by atoms with Crippen molar-refractivity contribution in [3.05, 3.63) is 34.3 Å². The van der Waals surface area contributed by atoms with Gasteiger partial charge in [0.25, 0.3) is 0 Å². The zero-order valence-electron chi connectivity index (χ0n) is 11.6. The second-order valence-corrected chi connectivity index (χ2v) is 7.02. The summed E-state index contributed by atoms with van der Waals surface area (Å²) in [7, 11) is 1.88. The maximum atomic E-state index is 12.2. The van der Waals surface area contributed by atoms with Crippen molar-refractivity contribution in [3.63, 3.8) is 0 Å². The molecule has 3 nitrogen and oxygen atoms in total. The molecular formula is C15H20BrClN2O. The average Bonchev–Trinajstić information content (AvgIpc) is 3.29. The Hall–Kier alpha value is -0.580. The van der Waals surface area contributed by atoms with Crippen LogP contribution in [-0.2, 0) is 10.2 Å². The Kier molecular flexibility index (Phi) is 4.20. The van der Waals surface area contributed by atoms with E-state index in [-0.39, 0.29) is 23.7 Å². The van der Waals surface area contributed by atoms with Crippen LogP contribution in [0.25, 0.3) is 0 Å². The maximum Gasteiger partial charge on any atom is 0.242 e. The van der Waals surface area contributed by atoms with E-state index in [0.717, 1.165) is 36.7 Å². The van der Waals surface area contributed by atoms with Crippen molar-refractivity contribution >= 4 is 34.2 Å². The lowest BCUT2D eigenvalue weighted by Crippen LogP contribution is -2.46. The number of rotatable bonds is 4. The van der Waals surface area contributed by atoms with E-state index < -0.39 is 5.54 Å². The number of carbonyl (C=O) groups excluding carboxylic acids is 1. The minimum absolute atomic E-state index is 0. The van der Waals surface area contributed by atoms with Gasteiger partial charge in [0.1, 0.15) is 0 Å². The summed E-state index contributed by atoms with van der Waals surface area (Å²) in [5.41, 5.74) is 6.93. The molecule has 0 heterocycles. The van der Waals surface area contributed by atoms with E-state index in [9.17, 15) is 4.79 Å². The highest BCUT2D eigenvalue weighted by molar-refractivity contribution is 9.10. The Morgan fingerprint density at radius 2 is 1.80 bits per heavy atom. The second kappa shape index (κ2) is 5.32. The minimum atomic E-state index is -0.551. The third kappa shape index (κ3) is 2.87. The van der Waals surface area contributed by atoms with Crippen LogP contribution in [0, 0.1) is 0 Å². The number of amides is 1. The first kappa shape index (κ1) is 15.8. The SMILES string of the molecule is CN(CC1(c2ccc(Br)cc2)CC1)C(=O)C1(N)CC1.Cl. The Labute approximate surface area is 134 Å². The molecule has 0 spiro atoms. The lowest BCUT2D eigenvalue weighted by molar-refractivity contribution is -0.132. The summed E-state index contributed by atoms with van der Waals surface area (Å²) in [6.45, 7) is 0.784. The molecule has 110 valence electrons. The third-order valence-electron chi connectivity index (χ3n) is 4.41. The fourth-order valence-electron chi connectivity index (χ4n) is 2.75. The highest BCUT2D eigenvalue weighted by atomic mass is 79.9. The number of nitrogens with zero attached hydrogens (tertiary/aromatic N) is 1. The molecular weight excluding hydrogens is 340 g/mol. The van der Waals surface area contributed by atoms with Gasteiger partial charge in [-0.2, -0.15) is 0 Å². The van der Waals surface area contributed by atoms with Gasteiger partial charge in [0.05, 0.1) is 5.54 Å². The first-order valence-corrected chi connectivity index (χ1v) is 7.55. The predicted octanol–water partition coefficient (Wildman–Crippen LogP) is 2.85. The van der Waals surface area contributed by atoms with Gasteiger partial charge in [-0.25, -0.2) is 0 Å². The van der Waals surface area contributed by atoms with Crippen LogP contribution in [-0.4, -0.2) is 29.9 Å². The van der Waals surface area contributed by atoms with Gasteiger partial charge >= 0.3 is 0 Å². The van der Waals surface area contributed by atoms with Gasteiger partial charge in [-0.3, -0.25) is 4.79 Å². The molecule has 0 unspecified atom stereocenters. The summed E-state index contributed by atoms with van der Waals surface area (Å²) >= 11 is 3.46. The molecule has 0 radical (unpaired) electrons. The summed E-state index contributed by atoms with van der Waals surface area (Å²) in [6.07, 6.45) is 3.98. The number of carbonyl (C=O) groups is 1. The average molecular weight is 360 g/mol. The van der Waals surface area contributed by atoms with Crippen LogP contribution in [0.15, 0.2) is 28.7 Å². The van der Waals surface area contributed by atoms with Crippen molar-refractivity contribution in [2.24, 2.45) is 5.73 Å². The van der Waals surface area contributed by atoms with Crippen molar-refractivity contribution in [2.45, 2.75) is 36.6 Å². The molecule has 2 aliphatic carbocycles. The molecule has 3 rings (SSSR count). The normalized spacial score (nSPS) is 20.8. The molecule has 2 saturated carbocycles. The molecule has 0 atom stereocenters. The van der Waals surface area contributed by atoms with E-state index in [4.69, 9.17) is 5.73 Å². The summed E-state index contributed by atoms with van der Waals surface area (Å²) in [5, 5.41) is 0. The van der Waals surface area contributed by atoms with Gasteiger partial charge in [0.15, 0.2) is 0 Å². The highest BCUT2D eigenvalue weighted by Crippen LogP contribution is 2.49. The highest BCUT2D eigenvalue weighted by Gasteiger charge is 2.51. The van der Waals surface area contributed by atoms with Gasteiger partial charge in [-0.05, 0) is 43.4 Å². The Morgan fingerprint density at radius 1 is 1.25 bits per heavy atom. The van der Waals surface area contributed by atoms with E-state index in [1.54, 1.807) is 0 Å². The summed E-state index contributed by atoms with van der Waals surface area (Å²) in [4.78, 5) is 14.0. The van der Waals surface area contributed by atoms with E-state index >= 15 is 0 Å². The topological polar surface area (TPSA) is 46.3 Å². The van der Waals surface area contributed by atoms with Crippen LogP contribution in [0.1, 0.15) is 31.2 Å². The van der Waals surface area contributed by atoms with Crippen molar-refractivity contribution in [3.8, 4) is 0 Å². The monoisotopic (exact) mass is 358 g/mol. The quantitative estimate of drug-likeness (QED) is 0.898. The fourth-order valence-corrected chi connectivity index (χ4v) is 3.01. The smallest absolute Gasteiger partial charge is 0.242 e. The molecule has 2 N–H and O–H groups in total. The zero-order valence-corrected chi connectivity index (χ0v) is 14.0. The summed E-state index contributed by atoms with van der Waals surface area (Å²) < 4.78 is 1.09. The van der Waals surface area contributed by atoms with Crippen LogP contribution < -0.4 is 5.73 Å². The number of nitrogens with two attached hydrogens (primary N) is 1. The first-order chi connectivity index (χ1) is 8.95. The Balaban J connectivity index is 0.00000147. The molecule has 1 amide bonds. The second-order valence-electron chi connectivity index (χ2n) is 6.10. The predicted molar refractivity (Wildman–Crippen MR) is 86.1 cm³/mol. The largest absolute Gasteiger partial charge is 0.343 e. The maximum absolute atomic E-state index is 12.2. The Bertz CT molecular complexity index is 509. The molecule has 0 aliphatic heterocycles. The van der Waals surface area contributed by atoms with E-state index in [1.165, 1.54) is 5.56 Å². The van der Waals surface area contributed by atoms with Crippen molar-refractivity contribution < 1.29 is 4.79 Å². The minimum Gasteiger partial charge on any atom is -0.343 e. The van der Waals surface area contributed by atoms with Gasteiger partial charge in [0, 0.05) is 23.5 Å². The molecule has 0 aromatic heterocycles. The van der Waals surface area contributed by atoms with E-state index in [1.807, 2.05) is 11.9 Å². The van der Waals surface area contributed by atoms with Crippen LogP contribution >= 0.6 is 28.3 Å². The standard InChI is InChI=1S/C15H19BrN2O.ClH/c1-18(13(19)15(17)8-9-15)10-14(6-7-14)11-2-4-12(16)5-3-11;/h2-5H,6-10,17H2,1H3;1H.